The zero-order chi connectivity index (χ0) is 24.8. The minimum atomic E-state index is -0.177. The van der Waals surface area contributed by atoms with Crippen molar-refractivity contribution in [1.29, 1.82) is 0 Å². The van der Waals surface area contributed by atoms with Crippen molar-refractivity contribution in [2.45, 2.75) is 20.8 Å². The van der Waals surface area contributed by atoms with Crippen LogP contribution < -0.4 is 16.0 Å². The van der Waals surface area contributed by atoms with Crippen LogP contribution in [-0.2, 0) is 9.53 Å². The highest BCUT2D eigenvalue weighted by atomic mass is 16.5. The maximum atomic E-state index is 12.7. The summed E-state index contributed by atoms with van der Waals surface area (Å²) < 4.78 is 6.31. The van der Waals surface area contributed by atoms with Crippen molar-refractivity contribution < 1.29 is 14.3 Å². The molecule has 1 amide bonds. The highest BCUT2D eigenvalue weighted by Crippen LogP contribution is 2.27. The molecule has 35 heavy (non-hydrogen) atoms. The number of nitrogens with one attached hydrogen (secondary N) is 3. The largest absolute Gasteiger partial charge is 0.447 e. The summed E-state index contributed by atoms with van der Waals surface area (Å²) in [5, 5.41) is 13.8. The minimum Gasteiger partial charge on any atom is -0.447 e. The third kappa shape index (κ3) is 5.80. The van der Waals surface area contributed by atoms with E-state index in [1.807, 2.05) is 63.2 Å². The summed E-state index contributed by atoms with van der Waals surface area (Å²) >= 11 is 0. The zero-order valence-corrected chi connectivity index (χ0v) is 19.6. The number of hydrogen-bond donors (Lipinski definition) is 3. The molecule has 10 nitrogen and oxygen atoms in total. The monoisotopic (exact) mass is 471 g/mol. The minimum absolute atomic E-state index is 0.0105. The van der Waals surface area contributed by atoms with Crippen LogP contribution >= 0.6 is 0 Å². The summed E-state index contributed by atoms with van der Waals surface area (Å²) in [4.78, 5) is 31.5. The van der Waals surface area contributed by atoms with Crippen LogP contribution in [0.25, 0.3) is 5.82 Å². The normalized spacial score (nSPS) is 10.5. The smallest absolute Gasteiger partial charge is 0.294 e. The van der Waals surface area contributed by atoms with Crippen LogP contribution in [0.1, 0.15) is 27.2 Å². The first-order chi connectivity index (χ1) is 16.9. The van der Waals surface area contributed by atoms with E-state index in [4.69, 9.17) is 0 Å². The Balaban J connectivity index is 1.57. The number of carbonyl (C=O) groups is 2. The lowest BCUT2D eigenvalue weighted by Crippen LogP contribution is -2.12. The fourth-order valence-corrected chi connectivity index (χ4v) is 3.43. The molecule has 0 saturated carbocycles. The van der Waals surface area contributed by atoms with Gasteiger partial charge in [-0.3, -0.25) is 9.59 Å². The van der Waals surface area contributed by atoms with Crippen LogP contribution in [0.4, 0.5) is 23.0 Å². The van der Waals surface area contributed by atoms with Gasteiger partial charge in [-0.2, -0.15) is 9.78 Å². The zero-order valence-electron chi connectivity index (χ0n) is 19.6. The topological polar surface area (TPSA) is 123 Å². The molecular weight excluding hydrogens is 446 g/mol. The first-order valence-electron chi connectivity index (χ1n) is 10.9. The number of anilines is 4. The van der Waals surface area contributed by atoms with Crippen LogP contribution in [0.15, 0.2) is 60.9 Å². The molecule has 4 rings (SSSR count). The molecule has 10 heteroatoms. The summed E-state index contributed by atoms with van der Waals surface area (Å²) in [6.07, 6.45) is 1.39. The van der Waals surface area contributed by atoms with E-state index in [0.29, 0.717) is 35.2 Å². The van der Waals surface area contributed by atoms with E-state index in [2.05, 4.69) is 35.8 Å². The maximum Gasteiger partial charge on any atom is 0.294 e. The summed E-state index contributed by atoms with van der Waals surface area (Å²) in [6, 6.07) is 16.7. The maximum absolute atomic E-state index is 12.7. The lowest BCUT2D eigenvalue weighted by molar-refractivity contribution is -0.128. The van der Waals surface area contributed by atoms with Crippen LogP contribution in [0.2, 0.25) is 0 Å². The second-order valence-electron chi connectivity index (χ2n) is 7.91. The van der Waals surface area contributed by atoms with Gasteiger partial charge in [0.05, 0.1) is 5.69 Å². The fourth-order valence-electron chi connectivity index (χ4n) is 3.43. The quantitative estimate of drug-likeness (QED) is 0.189. The molecule has 0 atom stereocenters. The van der Waals surface area contributed by atoms with Crippen molar-refractivity contribution in [3.8, 4) is 5.82 Å². The Bertz CT molecular complexity index is 1370. The highest BCUT2D eigenvalue weighted by Gasteiger charge is 2.13. The predicted molar refractivity (Wildman–Crippen MR) is 133 cm³/mol. The molecule has 0 aliphatic rings. The summed E-state index contributed by atoms with van der Waals surface area (Å²) in [6.45, 7) is 6.15. The van der Waals surface area contributed by atoms with E-state index in [0.717, 1.165) is 22.5 Å². The van der Waals surface area contributed by atoms with Gasteiger partial charge in [0.15, 0.2) is 12.5 Å². The number of aromatic nitrogens is 4. The number of ether oxygens (including phenoxy) is 1. The van der Waals surface area contributed by atoms with E-state index in [9.17, 15) is 9.59 Å². The fraction of sp³-hybridized carbons (Fsp3) is 0.160. The molecule has 0 bridgehead atoms. The van der Waals surface area contributed by atoms with Crippen LogP contribution in [0, 0.1) is 20.8 Å². The Labute approximate surface area is 202 Å². The van der Waals surface area contributed by atoms with Crippen molar-refractivity contribution in [3.63, 3.8) is 0 Å². The molecule has 0 fully saturated rings. The van der Waals surface area contributed by atoms with Gasteiger partial charge in [0.1, 0.15) is 18.0 Å². The molecular formula is C25H25N7O3. The Morgan fingerprint density at radius 3 is 2.71 bits per heavy atom. The molecule has 0 aliphatic heterocycles. The van der Waals surface area contributed by atoms with E-state index in [1.54, 1.807) is 16.8 Å². The van der Waals surface area contributed by atoms with Crippen molar-refractivity contribution in [3.05, 3.63) is 83.3 Å². The van der Waals surface area contributed by atoms with Gasteiger partial charge in [-0.1, -0.05) is 23.8 Å². The number of nitrogens with zero attached hydrogens (tertiary/aromatic N) is 4. The second kappa shape index (κ2) is 10.5. The summed E-state index contributed by atoms with van der Waals surface area (Å²) in [5.74, 6) is 1.50. The standard InChI is InChI=1S/C25H25N7O3/c1-16-5-4-6-19(9-16)25(34)29-20-8-7-17(2)21(11-20)30-24-10-18(3)31-32(24)23-12-22(26-13-27-23)28-14-35-15-33/h4-13,15,30H,14H2,1-3H3,(H,29,34)(H,26,27,28). The van der Waals surface area contributed by atoms with Gasteiger partial charge in [0.2, 0.25) is 0 Å². The van der Waals surface area contributed by atoms with Gasteiger partial charge in [-0.15, -0.1) is 0 Å². The Morgan fingerprint density at radius 1 is 1.06 bits per heavy atom. The first kappa shape index (κ1) is 23.4. The van der Waals surface area contributed by atoms with E-state index in [1.165, 1.54) is 6.33 Å². The molecule has 0 radical (unpaired) electrons. The molecule has 2 aromatic carbocycles. The Morgan fingerprint density at radius 2 is 1.91 bits per heavy atom. The predicted octanol–water partition coefficient (Wildman–Crippen LogP) is 4.13. The van der Waals surface area contributed by atoms with E-state index in [-0.39, 0.29) is 12.6 Å². The molecule has 0 saturated heterocycles. The van der Waals surface area contributed by atoms with Crippen molar-refractivity contribution in [2.24, 2.45) is 0 Å². The highest BCUT2D eigenvalue weighted by molar-refractivity contribution is 6.04. The SMILES string of the molecule is Cc1cccc(C(=O)Nc2ccc(C)c(Nc3cc(C)nn3-c3cc(NCOC=O)ncn3)c2)c1. The van der Waals surface area contributed by atoms with Gasteiger partial charge in [0, 0.05) is 29.1 Å². The van der Waals surface area contributed by atoms with Crippen LogP contribution in [0.3, 0.4) is 0 Å². The molecule has 4 aromatic rings. The lowest BCUT2D eigenvalue weighted by Gasteiger charge is -2.14. The van der Waals surface area contributed by atoms with Crippen molar-refractivity contribution in [1.82, 2.24) is 19.7 Å². The molecule has 0 aliphatic carbocycles. The van der Waals surface area contributed by atoms with Crippen molar-refractivity contribution >= 4 is 35.4 Å². The molecule has 2 aromatic heterocycles. The molecule has 178 valence electrons. The van der Waals surface area contributed by atoms with Crippen LogP contribution in [-0.4, -0.2) is 38.9 Å². The number of rotatable bonds is 9. The van der Waals surface area contributed by atoms with E-state index < -0.39 is 0 Å². The van der Waals surface area contributed by atoms with Gasteiger partial charge in [-0.05, 0) is 50.6 Å². The summed E-state index contributed by atoms with van der Waals surface area (Å²) in [7, 11) is 0. The van der Waals surface area contributed by atoms with Crippen molar-refractivity contribution in [2.75, 3.05) is 22.7 Å². The van der Waals surface area contributed by atoms with Gasteiger partial charge in [0.25, 0.3) is 12.4 Å². The molecule has 0 unspecified atom stereocenters. The van der Waals surface area contributed by atoms with Gasteiger partial charge in [-0.25, -0.2) is 9.97 Å². The number of benzene rings is 2. The Kier molecular flexibility index (Phi) is 7.01. The number of hydrogen-bond acceptors (Lipinski definition) is 8. The first-order valence-corrected chi connectivity index (χ1v) is 10.9. The number of amides is 1. The summed E-state index contributed by atoms with van der Waals surface area (Å²) in [5.41, 5.74) is 4.86. The second-order valence-corrected chi connectivity index (χ2v) is 7.91. The van der Waals surface area contributed by atoms with Crippen LogP contribution in [0.5, 0.6) is 0 Å². The average Bonchev–Trinajstić information content (AvgIpc) is 3.21. The molecule has 2 heterocycles. The third-order valence-electron chi connectivity index (χ3n) is 5.14. The molecule has 0 spiro atoms. The number of carbonyl (C=O) groups excluding carboxylic acids is 2. The van der Waals surface area contributed by atoms with Gasteiger partial charge >= 0.3 is 0 Å². The Hall–Kier alpha value is -4.73. The average molecular weight is 472 g/mol. The van der Waals surface area contributed by atoms with Gasteiger partial charge < -0.3 is 20.7 Å². The number of aryl methyl sites for hydroxylation is 3. The third-order valence-corrected chi connectivity index (χ3v) is 5.14. The lowest BCUT2D eigenvalue weighted by atomic mass is 10.1. The molecule has 3 N–H and O–H groups in total. The van der Waals surface area contributed by atoms with E-state index >= 15 is 0 Å².